The van der Waals surface area contributed by atoms with Crippen LogP contribution in [0.1, 0.15) is 41.6 Å². The molecule has 2 fully saturated rings. The molecule has 0 radical (unpaired) electrons. The minimum absolute atomic E-state index is 0.00869. The summed E-state index contributed by atoms with van der Waals surface area (Å²) >= 11 is 0. The average Bonchev–Trinajstić information content (AvgIpc) is 3.05. The third-order valence-corrected chi connectivity index (χ3v) is 5.36. The second-order valence-electron chi connectivity index (χ2n) is 7.38. The number of carbonyl (C=O) groups is 2. The van der Waals surface area contributed by atoms with Crippen LogP contribution in [-0.2, 0) is 4.79 Å². The number of ketones is 1. The number of hydrogen-bond donors (Lipinski definition) is 2. The van der Waals surface area contributed by atoms with E-state index in [1.54, 1.807) is 36.4 Å². The molecule has 5 nitrogen and oxygen atoms in total. The molecule has 2 aromatic rings. The van der Waals surface area contributed by atoms with Crippen molar-refractivity contribution in [1.29, 1.82) is 0 Å². The lowest BCUT2D eigenvalue weighted by atomic mass is 10.00. The summed E-state index contributed by atoms with van der Waals surface area (Å²) in [6.45, 7) is -0.00869. The first-order chi connectivity index (χ1) is 13.2. The topological polar surface area (TPSA) is 67.4 Å². The number of benzene rings is 2. The number of piperidine rings is 1. The van der Waals surface area contributed by atoms with Gasteiger partial charge in [0, 0.05) is 29.3 Å². The molecule has 2 saturated heterocycles. The third-order valence-electron chi connectivity index (χ3n) is 5.36. The monoisotopic (exact) mass is 364 g/mol. The first kappa shape index (κ1) is 17.7. The molecule has 2 bridgehead atoms. The maximum absolute atomic E-state index is 12.4. The molecule has 2 heterocycles. The molecule has 0 aromatic heterocycles. The van der Waals surface area contributed by atoms with Crippen molar-refractivity contribution < 1.29 is 14.3 Å². The average molecular weight is 364 g/mol. The van der Waals surface area contributed by atoms with E-state index in [4.69, 9.17) is 4.74 Å². The molecule has 4 rings (SSSR count). The maximum atomic E-state index is 12.4. The Morgan fingerprint density at radius 2 is 1.56 bits per heavy atom. The molecule has 0 saturated carbocycles. The van der Waals surface area contributed by atoms with E-state index in [1.165, 1.54) is 12.8 Å². The molecule has 0 spiro atoms. The summed E-state index contributed by atoms with van der Waals surface area (Å²) in [6.07, 6.45) is 4.42. The lowest BCUT2D eigenvalue weighted by molar-refractivity contribution is -0.124. The molecular formula is C22H24N2O3. The molecule has 2 aliphatic rings. The smallest absolute Gasteiger partial charge is 0.258 e. The zero-order chi connectivity index (χ0) is 18.6. The molecule has 2 aromatic carbocycles. The summed E-state index contributed by atoms with van der Waals surface area (Å²) in [5, 5.41) is 6.65. The molecule has 0 aliphatic carbocycles. The van der Waals surface area contributed by atoms with Crippen LogP contribution in [-0.4, -0.2) is 36.4 Å². The van der Waals surface area contributed by atoms with Gasteiger partial charge in [0.25, 0.3) is 5.91 Å². The van der Waals surface area contributed by atoms with Crippen molar-refractivity contribution in [2.24, 2.45) is 0 Å². The number of ether oxygens (including phenoxy) is 1. The minimum Gasteiger partial charge on any atom is -0.484 e. The summed E-state index contributed by atoms with van der Waals surface area (Å²) in [4.78, 5) is 24.6. The van der Waals surface area contributed by atoms with Crippen molar-refractivity contribution in [3.05, 3.63) is 65.7 Å². The molecule has 5 heteroatoms. The Hall–Kier alpha value is -2.66. The van der Waals surface area contributed by atoms with E-state index in [0.717, 1.165) is 12.8 Å². The van der Waals surface area contributed by atoms with Crippen LogP contribution < -0.4 is 15.4 Å². The summed E-state index contributed by atoms with van der Waals surface area (Å²) in [5.41, 5.74) is 1.25. The van der Waals surface area contributed by atoms with E-state index >= 15 is 0 Å². The predicted octanol–water partition coefficient (Wildman–Crippen LogP) is 2.70. The number of rotatable bonds is 6. The second kappa shape index (κ2) is 7.92. The lowest BCUT2D eigenvalue weighted by Crippen LogP contribution is -2.48. The fourth-order valence-corrected chi connectivity index (χ4v) is 4.05. The molecule has 2 aliphatic heterocycles. The van der Waals surface area contributed by atoms with Crippen molar-refractivity contribution in [3.8, 4) is 5.75 Å². The van der Waals surface area contributed by atoms with Crippen LogP contribution in [0.5, 0.6) is 5.75 Å². The van der Waals surface area contributed by atoms with Gasteiger partial charge in [-0.2, -0.15) is 0 Å². The van der Waals surface area contributed by atoms with Crippen LogP contribution in [0.2, 0.25) is 0 Å². The van der Waals surface area contributed by atoms with E-state index in [2.05, 4.69) is 10.6 Å². The number of nitrogens with one attached hydrogen (secondary N) is 2. The van der Waals surface area contributed by atoms with Gasteiger partial charge in [0.15, 0.2) is 12.4 Å². The Kier molecular flexibility index (Phi) is 5.21. The highest BCUT2D eigenvalue weighted by Gasteiger charge is 2.33. The van der Waals surface area contributed by atoms with Crippen LogP contribution in [0.4, 0.5) is 0 Å². The highest BCUT2D eigenvalue weighted by Crippen LogP contribution is 2.26. The van der Waals surface area contributed by atoms with Gasteiger partial charge in [-0.1, -0.05) is 30.3 Å². The number of carbonyl (C=O) groups excluding carboxylic acids is 2. The van der Waals surface area contributed by atoms with E-state index in [9.17, 15) is 9.59 Å². The van der Waals surface area contributed by atoms with Crippen LogP contribution in [0.15, 0.2) is 54.6 Å². The lowest BCUT2D eigenvalue weighted by Gasteiger charge is -2.29. The molecule has 2 atom stereocenters. The molecule has 1 amide bonds. The van der Waals surface area contributed by atoms with E-state index in [1.807, 2.05) is 18.2 Å². The van der Waals surface area contributed by atoms with Crippen LogP contribution in [0.25, 0.3) is 0 Å². The molecule has 27 heavy (non-hydrogen) atoms. The SMILES string of the molecule is O=C(COc1ccc(C(=O)c2ccccc2)cc1)NC1CC2CCC(C1)N2. The Labute approximate surface area is 159 Å². The van der Waals surface area contributed by atoms with Gasteiger partial charge in [-0.25, -0.2) is 0 Å². The summed E-state index contributed by atoms with van der Waals surface area (Å²) in [5.74, 6) is 0.464. The molecule has 2 N–H and O–H groups in total. The Bertz CT molecular complexity index is 792. The molecular weight excluding hydrogens is 340 g/mol. The van der Waals surface area contributed by atoms with Gasteiger partial charge in [0.2, 0.25) is 0 Å². The van der Waals surface area contributed by atoms with Gasteiger partial charge in [0.05, 0.1) is 0 Å². The number of hydrogen-bond acceptors (Lipinski definition) is 4. The van der Waals surface area contributed by atoms with Gasteiger partial charge >= 0.3 is 0 Å². The van der Waals surface area contributed by atoms with Crippen molar-refractivity contribution in [2.45, 2.75) is 43.8 Å². The predicted molar refractivity (Wildman–Crippen MR) is 103 cm³/mol. The quantitative estimate of drug-likeness (QED) is 0.774. The van der Waals surface area contributed by atoms with Crippen LogP contribution >= 0.6 is 0 Å². The standard InChI is InChI=1S/C22H24N2O3/c25-21(24-19-12-17-8-9-18(13-19)23-17)14-27-20-10-6-16(7-11-20)22(26)15-4-2-1-3-5-15/h1-7,10-11,17-19,23H,8-9,12-14H2,(H,24,25). The maximum Gasteiger partial charge on any atom is 0.258 e. The number of amides is 1. The fraction of sp³-hybridized carbons (Fsp3) is 0.364. The van der Waals surface area contributed by atoms with Gasteiger partial charge < -0.3 is 15.4 Å². The van der Waals surface area contributed by atoms with Gasteiger partial charge in [-0.05, 0) is 49.9 Å². The fourth-order valence-electron chi connectivity index (χ4n) is 4.05. The number of fused-ring (bicyclic) bond motifs is 2. The van der Waals surface area contributed by atoms with Gasteiger partial charge in [0.1, 0.15) is 5.75 Å². The van der Waals surface area contributed by atoms with Crippen molar-refractivity contribution in [3.63, 3.8) is 0 Å². The highest BCUT2D eigenvalue weighted by atomic mass is 16.5. The van der Waals surface area contributed by atoms with Crippen molar-refractivity contribution in [2.75, 3.05) is 6.61 Å². The van der Waals surface area contributed by atoms with E-state index in [-0.39, 0.29) is 24.3 Å². The highest BCUT2D eigenvalue weighted by molar-refractivity contribution is 6.08. The second-order valence-corrected chi connectivity index (χ2v) is 7.38. The minimum atomic E-state index is -0.0919. The summed E-state index contributed by atoms with van der Waals surface area (Å²) in [7, 11) is 0. The Morgan fingerprint density at radius 1 is 0.926 bits per heavy atom. The van der Waals surface area contributed by atoms with Crippen molar-refractivity contribution >= 4 is 11.7 Å². The Morgan fingerprint density at radius 3 is 2.22 bits per heavy atom. The molecule has 2 unspecified atom stereocenters. The summed E-state index contributed by atoms with van der Waals surface area (Å²) < 4.78 is 5.58. The van der Waals surface area contributed by atoms with Crippen molar-refractivity contribution in [1.82, 2.24) is 10.6 Å². The Balaban J connectivity index is 1.27. The van der Waals surface area contributed by atoms with Gasteiger partial charge in [-0.3, -0.25) is 9.59 Å². The van der Waals surface area contributed by atoms with Gasteiger partial charge in [-0.15, -0.1) is 0 Å². The normalized spacial score (nSPS) is 23.6. The third kappa shape index (κ3) is 4.37. The van der Waals surface area contributed by atoms with Crippen LogP contribution in [0.3, 0.4) is 0 Å². The van der Waals surface area contributed by atoms with E-state index < -0.39 is 0 Å². The zero-order valence-corrected chi connectivity index (χ0v) is 15.2. The first-order valence-corrected chi connectivity index (χ1v) is 9.55. The first-order valence-electron chi connectivity index (χ1n) is 9.55. The molecule has 140 valence electrons. The largest absolute Gasteiger partial charge is 0.484 e. The van der Waals surface area contributed by atoms with Crippen LogP contribution in [0, 0.1) is 0 Å². The summed E-state index contributed by atoms with van der Waals surface area (Å²) in [6, 6.07) is 17.4. The van der Waals surface area contributed by atoms with E-state index in [0.29, 0.717) is 29.0 Å². The zero-order valence-electron chi connectivity index (χ0n) is 15.2.